The van der Waals surface area contributed by atoms with Crippen molar-refractivity contribution in [1.29, 1.82) is 0 Å². The molecule has 0 heteroatoms. The molecule has 0 aliphatic rings. The van der Waals surface area contributed by atoms with Gasteiger partial charge < -0.3 is 0 Å². The molecule has 0 aromatic heterocycles. The minimum absolute atomic E-state index is 0.917. The van der Waals surface area contributed by atoms with Gasteiger partial charge in [-0.1, -0.05) is 30.2 Å². The summed E-state index contributed by atoms with van der Waals surface area (Å²) >= 11 is 0. The summed E-state index contributed by atoms with van der Waals surface area (Å²) in [6.07, 6.45) is 9.15. The van der Waals surface area contributed by atoms with Crippen molar-refractivity contribution in [2.75, 3.05) is 0 Å². The van der Waals surface area contributed by atoms with Crippen molar-refractivity contribution >= 4 is 0 Å². The Hall–Kier alpha value is -1.22. The number of allylic oxidation sites excluding steroid dienone is 5. The van der Waals surface area contributed by atoms with Crippen LogP contribution in [0.4, 0.5) is 0 Å². The van der Waals surface area contributed by atoms with Crippen LogP contribution in [0.15, 0.2) is 35.5 Å². The summed E-state index contributed by atoms with van der Waals surface area (Å²) in [6, 6.07) is 0. The summed E-state index contributed by atoms with van der Waals surface area (Å²) < 4.78 is 0. The average molecular weight is 146 g/mol. The van der Waals surface area contributed by atoms with E-state index in [-0.39, 0.29) is 0 Å². The summed E-state index contributed by atoms with van der Waals surface area (Å²) in [5, 5.41) is 0. The average Bonchev–Trinajstić information content (AvgIpc) is 1.98. The molecule has 0 N–H and O–H groups in total. The first-order valence-electron chi connectivity index (χ1n) is 3.59. The molecule has 0 spiro atoms. The van der Waals surface area contributed by atoms with Gasteiger partial charge in [0.1, 0.15) is 0 Å². The van der Waals surface area contributed by atoms with Crippen LogP contribution in [0, 0.1) is 12.3 Å². The number of hydrogen-bond donors (Lipinski definition) is 0. The molecule has 0 amide bonds. The normalized spacial score (nSPS) is 12.5. The van der Waals surface area contributed by atoms with E-state index in [1.165, 1.54) is 0 Å². The first kappa shape index (κ1) is 9.78. The van der Waals surface area contributed by atoms with Gasteiger partial charge in [-0.05, 0) is 26.3 Å². The fourth-order valence-electron chi connectivity index (χ4n) is 0.678. The number of terminal acetylenes is 1. The number of rotatable bonds is 2. The van der Waals surface area contributed by atoms with Crippen LogP contribution in [0.2, 0.25) is 0 Å². The van der Waals surface area contributed by atoms with Crippen LogP contribution in [0.25, 0.3) is 0 Å². The van der Waals surface area contributed by atoms with Crippen LogP contribution in [-0.4, -0.2) is 0 Å². The van der Waals surface area contributed by atoms with Gasteiger partial charge in [-0.25, -0.2) is 0 Å². The Kier molecular flexibility index (Phi) is 4.07. The summed E-state index contributed by atoms with van der Waals surface area (Å²) in [5.74, 6) is 2.62. The van der Waals surface area contributed by atoms with Crippen LogP contribution in [0.1, 0.15) is 20.8 Å². The van der Waals surface area contributed by atoms with Crippen LogP contribution in [0.5, 0.6) is 0 Å². The molecule has 0 aliphatic carbocycles. The molecule has 0 atom stereocenters. The minimum atomic E-state index is 0.917. The van der Waals surface area contributed by atoms with Crippen LogP contribution < -0.4 is 0 Å². The highest BCUT2D eigenvalue weighted by Crippen LogP contribution is 2.12. The molecule has 58 valence electrons. The lowest BCUT2D eigenvalue weighted by molar-refractivity contribution is 1.33. The second kappa shape index (κ2) is 4.57. The summed E-state index contributed by atoms with van der Waals surface area (Å²) in [7, 11) is 0. The van der Waals surface area contributed by atoms with Gasteiger partial charge in [0.25, 0.3) is 0 Å². The van der Waals surface area contributed by atoms with Crippen LogP contribution in [-0.2, 0) is 0 Å². The standard InChI is InChI=1S/C11H14/c1-6-8-11(7-2)10(5)9(3)4/h2,6,8H,3H2,1,4-5H3/b8-6-,11-10-. The summed E-state index contributed by atoms with van der Waals surface area (Å²) in [4.78, 5) is 0. The maximum absolute atomic E-state index is 5.30. The molecule has 0 fully saturated rings. The third kappa shape index (κ3) is 2.91. The predicted molar refractivity (Wildman–Crippen MR) is 51.2 cm³/mol. The highest BCUT2D eigenvalue weighted by molar-refractivity contribution is 5.46. The molecule has 0 saturated carbocycles. The van der Waals surface area contributed by atoms with Crippen molar-refractivity contribution in [3.8, 4) is 12.3 Å². The van der Waals surface area contributed by atoms with Gasteiger partial charge in [0, 0.05) is 5.57 Å². The Balaban J connectivity index is 4.87. The van der Waals surface area contributed by atoms with Gasteiger partial charge in [0.05, 0.1) is 0 Å². The maximum Gasteiger partial charge on any atom is 0.0270 e. The van der Waals surface area contributed by atoms with Crippen molar-refractivity contribution in [2.45, 2.75) is 20.8 Å². The highest BCUT2D eigenvalue weighted by atomic mass is 14.0. The minimum Gasteiger partial charge on any atom is -0.115 e. The van der Waals surface area contributed by atoms with Gasteiger partial charge in [-0.2, -0.15) is 0 Å². The lowest BCUT2D eigenvalue weighted by Gasteiger charge is -2.00. The van der Waals surface area contributed by atoms with Crippen molar-refractivity contribution in [3.05, 3.63) is 35.5 Å². The van der Waals surface area contributed by atoms with E-state index in [4.69, 9.17) is 6.42 Å². The van der Waals surface area contributed by atoms with E-state index in [1.807, 2.05) is 32.9 Å². The predicted octanol–water partition coefficient (Wildman–Crippen LogP) is 3.09. The Labute approximate surface area is 69.3 Å². The molecular weight excluding hydrogens is 132 g/mol. The molecule has 0 rings (SSSR count). The van der Waals surface area contributed by atoms with Crippen molar-refractivity contribution < 1.29 is 0 Å². The maximum atomic E-state index is 5.30. The molecular formula is C11H14. The topological polar surface area (TPSA) is 0 Å². The Bertz CT molecular complexity index is 244. The Morgan fingerprint density at radius 2 is 2.00 bits per heavy atom. The van der Waals surface area contributed by atoms with Gasteiger partial charge in [-0.3, -0.25) is 0 Å². The molecule has 0 aliphatic heterocycles. The van der Waals surface area contributed by atoms with Crippen molar-refractivity contribution in [1.82, 2.24) is 0 Å². The molecule has 11 heavy (non-hydrogen) atoms. The first-order chi connectivity index (χ1) is 5.13. The van der Waals surface area contributed by atoms with Crippen LogP contribution >= 0.6 is 0 Å². The zero-order chi connectivity index (χ0) is 8.85. The molecule has 0 heterocycles. The fourth-order valence-corrected chi connectivity index (χ4v) is 0.678. The Morgan fingerprint density at radius 1 is 1.45 bits per heavy atom. The monoisotopic (exact) mass is 146 g/mol. The fraction of sp³-hybridized carbons (Fsp3) is 0.273. The second-order valence-corrected chi connectivity index (χ2v) is 2.46. The molecule has 0 nitrogen and oxygen atoms in total. The quantitative estimate of drug-likeness (QED) is 0.415. The number of hydrogen-bond acceptors (Lipinski definition) is 0. The second-order valence-electron chi connectivity index (χ2n) is 2.46. The van der Waals surface area contributed by atoms with E-state index in [9.17, 15) is 0 Å². The van der Waals surface area contributed by atoms with E-state index in [1.54, 1.807) is 0 Å². The van der Waals surface area contributed by atoms with Gasteiger partial charge >= 0.3 is 0 Å². The summed E-state index contributed by atoms with van der Waals surface area (Å²) in [6.45, 7) is 9.70. The zero-order valence-electron chi connectivity index (χ0n) is 7.44. The first-order valence-corrected chi connectivity index (χ1v) is 3.59. The largest absolute Gasteiger partial charge is 0.115 e. The smallest absolute Gasteiger partial charge is 0.0270 e. The van der Waals surface area contributed by atoms with E-state index < -0.39 is 0 Å². The van der Waals surface area contributed by atoms with Gasteiger partial charge in [0.15, 0.2) is 0 Å². The summed E-state index contributed by atoms with van der Waals surface area (Å²) in [5.41, 5.74) is 3.03. The highest BCUT2D eigenvalue weighted by Gasteiger charge is 1.94. The molecule has 0 bridgehead atoms. The van der Waals surface area contributed by atoms with E-state index in [0.717, 1.165) is 16.7 Å². The van der Waals surface area contributed by atoms with E-state index in [0.29, 0.717) is 0 Å². The lowest BCUT2D eigenvalue weighted by Crippen LogP contribution is -1.82. The molecule has 0 unspecified atom stereocenters. The molecule has 0 aromatic carbocycles. The Morgan fingerprint density at radius 3 is 2.27 bits per heavy atom. The van der Waals surface area contributed by atoms with Crippen LogP contribution in [0.3, 0.4) is 0 Å². The third-order valence-corrected chi connectivity index (χ3v) is 1.53. The van der Waals surface area contributed by atoms with Crippen molar-refractivity contribution in [2.24, 2.45) is 0 Å². The molecule has 0 saturated heterocycles. The lowest BCUT2D eigenvalue weighted by atomic mass is 10.0. The van der Waals surface area contributed by atoms with Crippen molar-refractivity contribution in [3.63, 3.8) is 0 Å². The molecule has 0 aromatic rings. The van der Waals surface area contributed by atoms with Gasteiger partial charge in [-0.15, -0.1) is 6.42 Å². The molecule has 0 radical (unpaired) electrons. The van der Waals surface area contributed by atoms with Gasteiger partial charge in [0.2, 0.25) is 0 Å². The SMILES string of the molecule is C#CC(/C=C\C)=C(\C)C(=C)C. The third-order valence-electron chi connectivity index (χ3n) is 1.53. The zero-order valence-corrected chi connectivity index (χ0v) is 7.44. The van der Waals surface area contributed by atoms with E-state index >= 15 is 0 Å². The van der Waals surface area contributed by atoms with E-state index in [2.05, 4.69) is 12.5 Å².